The Bertz CT molecular complexity index is 1040. The fourth-order valence-corrected chi connectivity index (χ4v) is 5.09. The van der Waals surface area contributed by atoms with E-state index < -0.39 is 0 Å². The Hall–Kier alpha value is -2.70. The number of nitrogens with zero attached hydrogens (tertiary/aromatic N) is 1. The van der Waals surface area contributed by atoms with Gasteiger partial charge in [-0.15, -0.1) is 0 Å². The number of hydrogen-bond donors (Lipinski definition) is 2. The maximum absolute atomic E-state index is 13.8. The Morgan fingerprint density at radius 1 is 1.10 bits per heavy atom. The number of benzene rings is 2. The summed E-state index contributed by atoms with van der Waals surface area (Å²) in [5.74, 6) is -0.129. The first-order valence-electron chi connectivity index (χ1n) is 11.1. The van der Waals surface area contributed by atoms with Gasteiger partial charge < -0.3 is 15.2 Å². The summed E-state index contributed by atoms with van der Waals surface area (Å²) in [5, 5.41) is 12.3. The van der Waals surface area contributed by atoms with Crippen molar-refractivity contribution >= 4 is 22.9 Å². The Morgan fingerprint density at radius 3 is 2.74 bits per heavy atom. The third-order valence-electron chi connectivity index (χ3n) is 6.60. The molecule has 1 aliphatic carbocycles. The van der Waals surface area contributed by atoms with Crippen LogP contribution in [0.15, 0.2) is 36.4 Å². The monoisotopic (exact) mass is 422 g/mol. The summed E-state index contributed by atoms with van der Waals surface area (Å²) in [6.07, 6.45) is 6.19. The summed E-state index contributed by atoms with van der Waals surface area (Å²) in [6, 6.07) is 11.0. The molecule has 1 amide bonds. The van der Waals surface area contributed by atoms with E-state index in [9.17, 15) is 14.3 Å². The summed E-state index contributed by atoms with van der Waals surface area (Å²) in [4.78, 5) is 15.0. The Morgan fingerprint density at radius 2 is 1.94 bits per heavy atom. The lowest BCUT2D eigenvalue weighted by Gasteiger charge is -2.34. The molecule has 0 atom stereocenters. The molecule has 1 fully saturated rings. The van der Waals surface area contributed by atoms with Crippen LogP contribution in [0.25, 0.3) is 11.3 Å². The first kappa shape index (κ1) is 20.2. The minimum Gasteiger partial charge on any atom is -0.487 e. The van der Waals surface area contributed by atoms with Gasteiger partial charge in [-0.2, -0.15) is 0 Å². The molecule has 2 aliphatic heterocycles. The van der Waals surface area contributed by atoms with Crippen LogP contribution in [0.3, 0.4) is 0 Å². The number of ether oxygens (including phenoxy) is 1. The predicted octanol–water partition coefficient (Wildman–Crippen LogP) is 4.30. The molecule has 0 spiro atoms. The third-order valence-corrected chi connectivity index (χ3v) is 6.60. The summed E-state index contributed by atoms with van der Waals surface area (Å²) in [5.41, 5.74) is 4.64. The van der Waals surface area contributed by atoms with Crippen molar-refractivity contribution in [2.75, 3.05) is 18.5 Å². The molecule has 0 bridgehead atoms. The van der Waals surface area contributed by atoms with Crippen molar-refractivity contribution in [2.45, 2.75) is 51.3 Å². The molecule has 2 N–H and O–H groups in total. The van der Waals surface area contributed by atoms with E-state index >= 15 is 0 Å². The zero-order valence-corrected chi connectivity index (χ0v) is 17.5. The Balaban J connectivity index is 1.43. The predicted molar refractivity (Wildman–Crippen MR) is 117 cm³/mol. The van der Waals surface area contributed by atoms with Crippen LogP contribution >= 0.6 is 0 Å². The minimum absolute atomic E-state index is 0.159. The van der Waals surface area contributed by atoms with Gasteiger partial charge in [0.2, 0.25) is 0 Å². The molecule has 2 aromatic carbocycles. The maximum Gasteiger partial charge on any atom is 0.260 e. The van der Waals surface area contributed by atoms with E-state index in [2.05, 4.69) is 22.3 Å². The van der Waals surface area contributed by atoms with Crippen molar-refractivity contribution in [3.05, 3.63) is 64.5 Å². The number of amides is 1. The number of carbonyl (C=O) groups is 1. The molecule has 0 aromatic heterocycles. The van der Waals surface area contributed by atoms with Crippen LogP contribution in [0.1, 0.15) is 54.4 Å². The van der Waals surface area contributed by atoms with Crippen LogP contribution < -0.4 is 5.32 Å². The molecule has 2 aromatic rings. The summed E-state index contributed by atoms with van der Waals surface area (Å²) < 4.78 is 19.8. The van der Waals surface area contributed by atoms with Crippen LogP contribution in [-0.4, -0.2) is 35.1 Å². The molecule has 3 aliphatic rings. The molecule has 0 unspecified atom stereocenters. The van der Waals surface area contributed by atoms with E-state index in [0.29, 0.717) is 41.8 Å². The molecular formula is C25H27FN2O3. The number of anilines is 1. The van der Waals surface area contributed by atoms with Gasteiger partial charge in [0.25, 0.3) is 5.91 Å². The second-order valence-electron chi connectivity index (χ2n) is 8.61. The summed E-state index contributed by atoms with van der Waals surface area (Å²) in [7, 11) is 0. The van der Waals surface area contributed by atoms with Gasteiger partial charge in [-0.25, -0.2) is 4.39 Å². The second kappa shape index (κ2) is 8.44. The van der Waals surface area contributed by atoms with E-state index in [-0.39, 0.29) is 18.3 Å². The minimum atomic E-state index is -0.381. The van der Waals surface area contributed by atoms with Crippen molar-refractivity contribution in [3.63, 3.8) is 0 Å². The molecule has 5 nitrogen and oxygen atoms in total. The number of hydrogen-bond acceptors (Lipinski definition) is 4. The summed E-state index contributed by atoms with van der Waals surface area (Å²) >= 11 is 0. The van der Waals surface area contributed by atoms with Crippen LogP contribution in [0.5, 0.6) is 0 Å². The number of rotatable bonds is 5. The van der Waals surface area contributed by atoms with Crippen LogP contribution in [0.2, 0.25) is 0 Å². The normalized spacial score (nSPS) is 20.5. The average molecular weight is 423 g/mol. The third kappa shape index (κ3) is 3.86. The SMILES string of the molecule is O=C1Nc2ccc(F)cc2/C1=C1\OCc2cc(CN(CCO)C3CCCCC3)ccc21. The highest BCUT2D eigenvalue weighted by molar-refractivity contribution is 6.36. The van der Waals surface area contributed by atoms with Gasteiger partial charge in [0.1, 0.15) is 18.2 Å². The number of aliphatic hydroxyl groups excluding tert-OH is 1. The second-order valence-corrected chi connectivity index (χ2v) is 8.61. The molecule has 31 heavy (non-hydrogen) atoms. The Labute approximate surface area is 181 Å². The van der Waals surface area contributed by atoms with E-state index in [1.807, 2.05) is 6.07 Å². The van der Waals surface area contributed by atoms with Crippen LogP contribution in [-0.2, 0) is 22.7 Å². The molecular weight excluding hydrogens is 395 g/mol. The molecule has 162 valence electrons. The number of halogens is 1. The molecule has 0 saturated heterocycles. The standard InChI is InChI=1S/C25H27FN2O3/c26-18-7-9-22-21(13-18)23(25(30)27-22)24-20-8-6-16(12-17(20)15-31-24)14-28(10-11-29)19-4-2-1-3-5-19/h6-9,12-13,19,29H,1-5,10-11,14-15H2,(H,27,30)/b24-23+. The van der Waals surface area contributed by atoms with Crippen molar-refractivity contribution in [1.82, 2.24) is 4.90 Å². The summed E-state index contributed by atoms with van der Waals surface area (Å²) in [6.45, 7) is 2.02. The van der Waals surface area contributed by atoms with Gasteiger partial charge >= 0.3 is 0 Å². The van der Waals surface area contributed by atoms with Crippen molar-refractivity contribution in [3.8, 4) is 0 Å². The highest BCUT2D eigenvalue weighted by Crippen LogP contribution is 2.42. The molecule has 0 radical (unpaired) electrons. The van der Waals surface area contributed by atoms with E-state index in [0.717, 1.165) is 17.7 Å². The fraction of sp³-hybridized carbons (Fsp3) is 0.400. The van der Waals surface area contributed by atoms with E-state index in [1.165, 1.54) is 49.8 Å². The van der Waals surface area contributed by atoms with E-state index in [1.54, 1.807) is 6.07 Å². The molecule has 1 saturated carbocycles. The lowest BCUT2D eigenvalue weighted by Crippen LogP contribution is -2.38. The van der Waals surface area contributed by atoms with Crippen molar-refractivity contribution in [2.24, 2.45) is 0 Å². The van der Waals surface area contributed by atoms with Gasteiger partial charge in [-0.3, -0.25) is 9.69 Å². The number of nitrogens with one attached hydrogen (secondary N) is 1. The van der Waals surface area contributed by atoms with Gasteiger partial charge in [-0.05, 0) is 36.6 Å². The highest BCUT2D eigenvalue weighted by Gasteiger charge is 2.33. The maximum atomic E-state index is 13.8. The van der Waals surface area contributed by atoms with Crippen molar-refractivity contribution in [1.29, 1.82) is 0 Å². The quantitative estimate of drug-likeness (QED) is 0.705. The molecule has 2 heterocycles. The topological polar surface area (TPSA) is 61.8 Å². The fourth-order valence-electron chi connectivity index (χ4n) is 5.09. The van der Waals surface area contributed by atoms with Crippen LogP contribution in [0.4, 0.5) is 10.1 Å². The number of fused-ring (bicyclic) bond motifs is 2. The van der Waals surface area contributed by atoms with Gasteiger partial charge in [0.15, 0.2) is 0 Å². The zero-order valence-electron chi connectivity index (χ0n) is 17.5. The Kier molecular flexibility index (Phi) is 5.50. The molecule has 5 rings (SSSR count). The van der Waals surface area contributed by atoms with Gasteiger partial charge in [-0.1, -0.05) is 37.5 Å². The largest absolute Gasteiger partial charge is 0.487 e. The number of aliphatic hydroxyl groups is 1. The number of carbonyl (C=O) groups excluding carboxylic acids is 1. The first-order valence-corrected chi connectivity index (χ1v) is 11.1. The van der Waals surface area contributed by atoms with Gasteiger partial charge in [0, 0.05) is 41.5 Å². The van der Waals surface area contributed by atoms with E-state index in [4.69, 9.17) is 4.74 Å². The van der Waals surface area contributed by atoms with Crippen molar-refractivity contribution < 1.29 is 19.0 Å². The smallest absolute Gasteiger partial charge is 0.260 e. The van der Waals surface area contributed by atoms with Gasteiger partial charge in [0.05, 0.1) is 12.2 Å². The zero-order chi connectivity index (χ0) is 21.4. The lowest BCUT2D eigenvalue weighted by atomic mass is 9.93. The average Bonchev–Trinajstić information content (AvgIpc) is 3.33. The van der Waals surface area contributed by atoms with Crippen LogP contribution in [0, 0.1) is 5.82 Å². The highest BCUT2D eigenvalue weighted by atomic mass is 19.1. The lowest BCUT2D eigenvalue weighted by molar-refractivity contribution is -0.110. The molecule has 6 heteroatoms. The first-order chi connectivity index (χ1) is 15.1.